The number of ether oxygens (including phenoxy) is 2. The van der Waals surface area contributed by atoms with Gasteiger partial charge in [-0.3, -0.25) is 5.32 Å². The van der Waals surface area contributed by atoms with E-state index in [4.69, 9.17) is 9.47 Å². The lowest BCUT2D eigenvalue weighted by Crippen LogP contribution is -2.37. The molecule has 116 valence electrons. The molecule has 0 bridgehead atoms. The topological polar surface area (TPSA) is 63.7 Å². The number of morpholine rings is 1. The number of rotatable bonds is 2. The average molecular weight is 358 g/mol. The Morgan fingerprint density at radius 1 is 1.43 bits per heavy atom. The smallest absolute Gasteiger partial charge is 0.412 e. The molecule has 2 heterocycles. The summed E-state index contributed by atoms with van der Waals surface area (Å²) in [7, 11) is 0. The highest BCUT2D eigenvalue weighted by Crippen LogP contribution is 2.27. The summed E-state index contributed by atoms with van der Waals surface area (Å²) in [5.41, 5.74) is 0.0865. The first-order valence-electron chi connectivity index (χ1n) is 6.83. The predicted octanol–water partition coefficient (Wildman–Crippen LogP) is 3.03. The van der Waals surface area contributed by atoms with Crippen LogP contribution in [0.25, 0.3) is 0 Å². The second kappa shape index (κ2) is 6.62. The Labute approximate surface area is 132 Å². The van der Waals surface area contributed by atoms with Crippen LogP contribution in [0.2, 0.25) is 0 Å². The SMILES string of the molecule is CC(C)(C)OC(=O)Nc1cc(Br)cnc1N1CCOCC1. The van der Waals surface area contributed by atoms with Gasteiger partial charge >= 0.3 is 6.09 Å². The monoisotopic (exact) mass is 357 g/mol. The number of hydrogen-bond acceptors (Lipinski definition) is 5. The summed E-state index contributed by atoms with van der Waals surface area (Å²) in [5, 5.41) is 2.77. The lowest BCUT2D eigenvalue weighted by Gasteiger charge is -2.29. The van der Waals surface area contributed by atoms with E-state index in [0.29, 0.717) is 18.9 Å². The molecule has 21 heavy (non-hydrogen) atoms. The molecule has 1 aliphatic rings. The quantitative estimate of drug-likeness (QED) is 0.881. The van der Waals surface area contributed by atoms with Crippen LogP contribution in [0.4, 0.5) is 16.3 Å². The van der Waals surface area contributed by atoms with E-state index in [9.17, 15) is 4.79 Å². The molecular formula is C14H20BrN3O3. The number of nitrogens with zero attached hydrogens (tertiary/aromatic N) is 2. The van der Waals surface area contributed by atoms with Crippen molar-refractivity contribution in [2.75, 3.05) is 36.5 Å². The summed E-state index contributed by atoms with van der Waals surface area (Å²) >= 11 is 3.37. The number of carbonyl (C=O) groups excluding carboxylic acids is 1. The molecule has 1 aliphatic heterocycles. The Bertz CT molecular complexity index is 511. The second-order valence-electron chi connectivity index (χ2n) is 5.75. The van der Waals surface area contributed by atoms with E-state index < -0.39 is 11.7 Å². The van der Waals surface area contributed by atoms with E-state index in [2.05, 4.69) is 31.1 Å². The summed E-state index contributed by atoms with van der Waals surface area (Å²) in [6.07, 6.45) is 1.22. The van der Waals surface area contributed by atoms with Crippen LogP contribution in [0.1, 0.15) is 20.8 Å². The minimum Gasteiger partial charge on any atom is -0.444 e. The highest BCUT2D eigenvalue weighted by Gasteiger charge is 2.21. The van der Waals surface area contributed by atoms with Crippen LogP contribution in [-0.4, -0.2) is 43.0 Å². The fourth-order valence-corrected chi connectivity index (χ4v) is 2.30. The first kappa shape index (κ1) is 16.0. The summed E-state index contributed by atoms with van der Waals surface area (Å²) in [6, 6.07) is 1.82. The normalized spacial score (nSPS) is 15.7. The van der Waals surface area contributed by atoms with Crippen molar-refractivity contribution in [3.63, 3.8) is 0 Å². The van der Waals surface area contributed by atoms with Crippen LogP contribution in [0, 0.1) is 0 Å². The summed E-state index contributed by atoms with van der Waals surface area (Å²) in [6.45, 7) is 8.29. The number of pyridine rings is 1. The summed E-state index contributed by atoms with van der Waals surface area (Å²) in [5.74, 6) is 0.729. The van der Waals surface area contributed by atoms with E-state index in [1.54, 1.807) is 6.20 Å². The second-order valence-corrected chi connectivity index (χ2v) is 6.67. The Balaban J connectivity index is 2.17. The van der Waals surface area contributed by atoms with Crippen molar-refractivity contribution in [1.29, 1.82) is 0 Å². The van der Waals surface area contributed by atoms with Gasteiger partial charge in [-0.1, -0.05) is 0 Å². The zero-order chi connectivity index (χ0) is 15.5. The molecule has 2 rings (SSSR count). The standard InChI is InChI=1S/C14H20BrN3O3/c1-14(2,3)21-13(19)17-11-8-10(15)9-16-12(11)18-4-6-20-7-5-18/h8-9H,4-7H2,1-3H3,(H,17,19). The minimum atomic E-state index is -0.539. The van der Waals surface area contributed by atoms with Gasteiger partial charge in [0.1, 0.15) is 5.60 Å². The third-order valence-corrected chi connectivity index (χ3v) is 3.21. The first-order chi connectivity index (χ1) is 9.85. The predicted molar refractivity (Wildman–Crippen MR) is 84.8 cm³/mol. The van der Waals surface area contributed by atoms with Crippen LogP contribution in [0.3, 0.4) is 0 Å². The van der Waals surface area contributed by atoms with E-state index in [1.807, 2.05) is 26.8 Å². The number of halogens is 1. The molecule has 1 amide bonds. The van der Waals surface area contributed by atoms with Crippen molar-refractivity contribution >= 4 is 33.5 Å². The summed E-state index contributed by atoms with van der Waals surface area (Å²) < 4.78 is 11.4. The van der Waals surface area contributed by atoms with Gasteiger partial charge in [0.2, 0.25) is 0 Å². The molecule has 1 saturated heterocycles. The molecule has 7 heteroatoms. The van der Waals surface area contributed by atoms with Gasteiger partial charge in [-0.05, 0) is 42.8 Å². The molecule has 0 aliphatic carbocycles. The maximum Gasteiger partial charge on any atom is 0.412 e. The molecule has 1 fully saturated rings. The highest BCUT2D eigenvalue weighted by atomic mass is 79.9. The minimum absolute atomic E-state index is 0.489. The van der Waals surface area contributed by atoms with Crippen molar-refractivity contribution in [1.82, 2.24) is 4.98 Å². The van der Waals surface area contributed by atoms with Gasteiger partial charge in [-0.25, -0.2) is 9.78 Å². The van der Waals surface area contributed by atoms with Crippen LogP contribution in [-0.2, 0) is 9.47 Å². The number of carbonyl (C=O) groups is 1. The first-order valence-corrected chi connectivity index (χ1v) is 7.63. The molecule has 0 saturated carbocycles. The van der Waals surface area contributed by atoms with Crippen molar-refractivity contribution in [2.45, 2.75) is 26.4 Å². The Morgan fingerprint density at radius 2 is 2.10 bits per heavy atom. The fraction of sp³-hybridized carbons (Fsp3) is 0.571. The lowest BCUT2D eigenvalue weighted by molar-refractivity contribution is 0.0636. The molecule has 1 aromatic heterocycles. The van der Waals surface area contributed by atoms with Crippen LogP contribution < -0.4 is 10.2 Å². The van der Waals surface area contributed by atoms with Gasteiger partial charge in [0.15, 0.2) is 5.82 Å². The van der Waals surface area contributed by atoms with Crippen molar-refractivity contribution < 1.29 is 14.3 Å². The van der Waals surface area contributed by atoms with Crippen LogP contribution in [0.5, 0.6) is 0 Å². The molecule has 6 nitrogen and oxygen atoms in total. The van der Waals surface area contributed by atoms with E-state index in [-0.39, 0.29) is 0 Å². The van der Waals surface area contributed by atoms with Gasteiger partial charge < -0.3 is 14.4 Å². The van der Waals surface area contributed by atoms with Crippen molar-refractivity contribution in [2.24, 2.45) is 0 Å². The Hall–Kier alpha value is -1.34. The number of nitrogens with one attached hydrogen (secondary N) is 1. The number of hydrogen-bond donors (Lipinski definition) is 1. The van der Waals surface area contributed by atoms with Crippen LogP contribution in [0.15, 0.2) is 16.7 Å². The molecule has 0 aromatic carbocycles. The maximum absolute atomic E-state index is 12.0. The molecule has 0 unspecified atom stereocenters. The van der Waals surface area contributed by atoms with Gasteiger partial charge in [-0.2, -0.15) is 0 Å². The highest BCUT2D eigenvalue weighted by molar-refractivity contribution is 9.10. The Kier molecular flexibility index (Phi) is 5.05. The zero-order valence-corrected chi connectivity index (χ0v) is 14.1. The number of anilines is 2. The van der Waals surface area contributed by atoms with Crippen molar-refractivity contribution in [3.05, 3.63) is 16.7 Å². The zero-order valence-electron chi connectivity index (χ0n) is 12.5. The van der Waals surface area contributed by atoms with E-state index >= 15 is 0 Å². The van der Waals surface area contributed by atoms with E-state index in [0.717, 1.165) is 23.4 Å². The molecule has 0 radical (unpaired) electrons. The van der Waals surface area contributed by atoms with Gasteiger partial charge in [-0.15, -0.1) is 0 Å². The molecule has 0 spiro atoms. The summed E-state index contributed by atoms with van der Waals surface area (Å²) in [4.78, 5) is 18.4. The van der Waals surface area contributed by atoms with Crippen LogP contribution >= 0.6 is 15.9 Å². The Morgan fingerprint density at radius 3 is 2.71 bits per heavy atom. The van der Waals surface area contributed by atoms with Gasteiger partial charge in [0, 0.05) is 23.8 Å². The molecule has 1 N–H and O–H groups in total. The largest absolute Gasteiger partial charge is 0.444 e. The number of aromatic nitrogens is 1. The lowest BCUT2D eigenvalue weighted by atomic mass is 10.2. The van der Waals surface area contributed by atoms with E-state index in [1.165, 1.54) is 0 Å². The average Bonchev–Trinajstić information content (AvgIpc) is 2.37. The maximum atomic E-state index is 12.0. The third-order valence-electron chi connectivity index (χ3n) is 2.78. The van der Waals surface area contributed by atoms with Gasteiger partial charge in [0.05, 0.1) is 18.9 Å². The molecular weight excluding hydrogens is 338 g/mol. The van der Waals surface area contributed by atoms with Crippen molar-refractivity contribution in [3.8, 4) is 0 Å². The number of amides is 1. The van der Waals surface area contributed by atoms with Gasteiger partial charge in [0.25, 0.3) is 0 Å². The fourth-order valence-electron chi connectivity index (χ4n) is 1.96. The molecule has 0 atom stereocenters. The third kappa shape index (κ3) is 4.86. The molecule has 1 aromatic rings.